The molecule has 0 radical (unpaired) electrons. The van der Waals surface area contributed by atoms with E-state index in [4.69, 9.17) is 36.7 Å². The lowest BCUT2D eigenvalue weighted by molar-refractivity contribution is -0.152. The van der Waals surface area contributed by atoms with Gasteiger partial charge in [-0.15, -0.1) is 13.2 Å². The molecule has 147 heavy (non-hydrogen) atoms. The van der Waals surface area contributed by atoms with Crippen molar-refractivity contribution in [2.24, 2.45) is 71.0 Å². The van der Waals surface area contributed by atoms with Crippen LogP contribution >= 0.6 is 15.9 Å². The minimum atomic E-state index is -2.52. The molecule has 13 nitrogen and oxygen atoms in total. The number of aliphatic hydroxyl groups is 3. The molecule has 14 atom stereocenters. The summed E-state index contributed by atoms with van der Waals surface area (Å²) < 4.78 is 45.1. The molecule has 7 aliphatic rings. The quantitative estimate of drug-likeness (QED) is 0.0110. The lowest BCUT2D eigenvalue weighted by Gasteiger charge is -2.47. The van der Waals surface area contributed by atoms with E-state index in [2.05, 4.69) is 443 Å². The summed E-state index contributed by atoms with van der Waals surface area (Å²) in [6.07, 6.45) is 20.1. The van der Waals surface area contributed by atoms with E-state index in [1.807, 2.05) is 6.08 Å². The highest BCUT2D eigenvalue weighted by Gasteiger charge is 2.59. The van der Waals surface area contributed by atoms with Crippen LogP contribution in [0.4, 0.5) is 0 Å². The van der Waals surface area contributed by atoms with Crippen molar-refractivity contribution < 1.29 is 61.3 Å². The second-order valence-electron chi connectivity index (χ2n) is 47.1. The molecule has 0 unspecified atom stereocenters. The molecule has 0 saturated heterocycles. The van der Waals surface area contributed by atoms with E-state index in [-0.39, 0.29) is 78.2 Å². The van der Waals surface area contributed by atoms with Gasteiger partial charge in [0.15, 0.2) is 5.78 Å². The van der Waals surface area contributed by atoms with Crippen molar-refractivity contribution in [3.05, 3.63) is 341 Å². The lowest BCUT2D eigenvalue weighted by atomic mass is 9.70. The van der Waals surface area contributed by atoms with Gasteiger partial charge in [-0.3, -0.25) is 14.4 Å². The number of benzene rings is 10. The number of aliphatic hydroxyl groups excluding tert-OH is 2. The molecule has 0 heterocycles. The Kier molecular flexibility index (Phi) is 41.9. The molecule has 788 valence electrons. The van der Waals surface area contributed by atoms with Crippen LogP contribution in [0.1, 0.15) is 200 Å². The van der Waals surface area contributed by atoms with Crippen molar-refractivity contribution in [3.8, 4) is 0 Å². The number of ether oxygens (including phenoxy) is 2. The maximum Gasteiger partial charge on any atom is 0.309 e. The molecular formula is C128H171BrO13Si5. The van der Waals surface area contributed by atoms with Crippen molar-refractivity contribution >= 4 is 127 Å². The fourth-order valence-corrected chi connectivity index (χ4v) is 47.6. The molecule has 10 aromatic carbocycles. The van der Waals surface area contributed by atoms with E-state index in [0.717, 1.165) is 95.4 Å². The van der Waals surface area contributed by atoms with Crippen LogP contribution in [0.15, 0.2) is 341 Å². The Hall–Kier alpha value is -8.57. The highest BCUT2D eigenvalue weighted by molar-refractivity contribution is 9.09. The first-order valence-corrected chi connectivity index (χ1v) is 64.8. The number of halogens is 1. The normalized spacial score (nSPS) is 21.9. The second kappa shape index (κ2) is 52.6. The molecule has 10 aromatic rings. The number of alkyl halides is 1. The van der Waals surface area contributed by atoms with Crippen LogP contribution < -0.4 is 51.9 Å². The Labute approximate surface area is 896 Å². The first kappa shape index (κ1) is 117. The smallest absolute Gasteiger partial charge is 0.309 e. The summed E-state index contributed by atoms with van der Waals surface area (Å²) in [6, 6.07) is 107. The van der Waals surface area contributed by atoms with Crippen LogP contribution in [-0.2, 0) is 46.0 Å². The van der Waals surface area contributed by atoms with Gasteiger partial charge in [-0.1, -0.05) is 442 Å². The first-order valence-electron chi connectivity index (χ1n) is 54.2. The standard InChI is InChI=1S/C24H31BrO2Si.2C24H32O2Si.C24H30O2Si.C23H30O3Si.C9H16O2/c1-24(2,3)28(20-10-6-4-7-11-20,21-12-8-5-9-13-21)27-18-19-14-15-22(19)23(26)16-17-25;1-23(2,3)27(20-10-6-4-7-11-20,21-12-8-5-9-13-21)26-18-19-14-15-22(19)24(25)16-17-24;2*1-5-23(25)22-17-16-19(22)18-26-27(24(2,3)4,20-12-8-6-9-13-20)21-14-10-7-11-15-21;1-23(2,3)27(19-11-7-5-8-12-19,20-13-9-6-10-14-20)26-17-18-15-16-21(18)22(24)25-4;1-3-9(11-2)8-5-4-7(8)6-10/h4-13,19,22H,14-18H2,1-3H3;4-13,19,22,25H,14-18H2,1-3H3;5-15,19,22-23,25H,1,16-18H2,2-4H3;5-15,19,22H,1,16-18H2,2-4H3;5-14,18,21H,15-17H2,1-4H3;3,7-10H,1,4-6H2,2H3/t2*19-,22+;19-,22+,23-;19-,22+;18-,21+;7-,8+,9-/m000000/s1. The van der Waals surface area contributed by atoms with E-state index in [1.165, 1.54) is 71.5 Å². The number of esters is 1. The van der Waals surface area contributed by atoms with Gasteiger partial charge in [0.2, 0.25) is 0 Å². The minimum Gasteiger partial charge on any atom is -0.469 e. The maximum absolute atomic E-state index is 12.4. The molecule has 0 spiro atoms. The molecule has 3 N–H and O–H groups in total. The summed E-state index contributed by atoms with van der Waals surface area (Å²) in [7, 11) is -9.28. The Morgan fingerprint density at radius 3 is 0.789 bits per heavy atom. The largest absolute Gasteiger partial charge is 0.469 e. The first-order chi connectivity index (χ1) is 70.3. The van der Waals surface area contributed by atoms with Crippen molar-refractivity contribution in [2.45, 2.75) is 243 Å². The highest BCUT2D eigenvalue weighted by atomic mass is 79.9. The predicted molar refractivity (Wildman–Crippen MR) is 624 cm³/mol. The van der Waals surface area contributed by atoms with Crippen LogP contribution in [0.3, 0.4) is 0 Å². The van der Waals surface area contributed by atoms with Gasteiger partial charge in [-0.2, -0.15) is 0 Å². The number of hydrogen-bond donors (Lipinski definition) is 3. The van der Waals surface area contributed by atoms with Gasteiger partial charge >= 0.3 is 5.97 Å². The number of carbonyl (C=O) groups is 3. The van der Waals surface area contributed by atoms with Crippen molar-refractivity contribution in [1.29, 1.82) is 0 Å². The summed E-state index contributed by atoms with van der Waals surface area (Å²) in [5.41, 5.74) is -0.377. The van der Waals surface area contributed by atoms with Crippen LogP contribution in [-0.4, -0.2) is 151 Å². The summed E-state index contributed by atoms with van der Waals surface area (Å²) in [5, 5.41) is 43.4. The van der Waals surface area contributed by atoms with Crippen LogP contribution in [0.5, 0.6) is 0 Å². The van der Waals surface area contributed by atoms with E-state index < -0.39 is 47.7 Å². The summed E-state index contributed by atoms with van der Waals surface area (Å²) >= 11 is 3.40. The average Bonchev–Trinajstić information content (AvgIpc) is 1.62. The minimum absolute atomic E-state index is 0.00793. The molecule has 7 aliphatic carbocycles. The van der Waals surface area contributed by atoms with Crippen molar-refractivity contribution in [3.63, 3.8) is 0 Å². The zero-order valence-electron chi connectivity index (χ0n) is 91.2. The van der Waals surface area contributed by atoms with Crippen LogP contribution in [0.25, 0.3) is 0 Å². The molecule has 0 amide bonds. The zero-order chi connectivity index (χ0) is 106. The second-order valence-corrected chi connectivity index (χ2v) is 69.5. The molecule has 19 heteroatoms. The Bertz CT molecular complexity index is 5480. The van der Waals surface area contributed by atoms with E-state index in [0.29, 0.717) is 86.7 Å². The van der Waals surface area contributed by atoms with Gasteiger partial charge < -0.3 is 46.9 Å². The Morgan fingerprint density at radius 1 is 0.347 bits per heavy atom. The number of allylic oxidation sites excluding steroid dienone is 1. The van der Waals surface area contributed by atoms with Gasteiger partial charge in [0.25, 0.3) is 41.6 Å². The van der Waals surface area contributed by atoms with Crippen LogP contribution in [0.2, 0.25) is 25.2 Å². The number of ketones is 2. The van der Waals surface area contributed by atoms with E-state index in [1.54, 1.807) is 13.2 Å². The third kappa shape index (κ3) is 26.8. The lowest BCUT2D eigenvalue weighted by Crippen LogP contribution is -2.67. The predicted octanol–water partition coefficient (Wildman–Crippen LogP) is 22.5. The van der Waals surface area contributed by atoms with Crippen molar-refractivity contribution in [2.75, 3.05) is 59.2 Å². The summed E-state index contributed by atoms with van der Waals surface area (Å²) in [4.78, 5) is 36.5. The van der Waals surface area contributed by atoms with Crippen molar-refractivity contribution in [1.82, 2.24) is 0 Å². The fourth-order valence-electron chi connectivity index (χ4n) is 24.1. The number of carbonyl (C=O) groups excluding carboxylic acids is 3. The topological polar surface area (TPSA) is 177 Å². The molecule has 17 rings (SSSR count). The highest BCUT2D eigenvalue weighted by Crippen LogP contribution is 2.55. The maximum atomic E-state index is 12.4. The SMILES string of the molecule is C=CC(=O)[C@@H]1CC[C@H]1CO[Si](c1ccccc1)(c1ccccc1)C(C)(C)C.C=C[C@H](O)[C@@H]1CC[C@H]1CO[Si](c1ccccc1)(c1ccccc1)C(C)(C)C.C=C[C@H](OC)[C@@H]1CC[C@H]1CO.CC(C)(C)[Si](OC[C@@H]1CC[C@H]1C(=O)CCBr)(c1ccccc1)c1ccccc1.CC(C)(C)[Si](OC[C@@H]1CC[C@H]1C1(O)CC1)(c1ccccc1)c1ccccc1.COC(=O)[C@@H]1CC[C@H]1CO[Si](c1ccccc1)(c1ccccc1)C(C)(C)C. The molecule has 0 aromatic heterocycles. The number of methoxy groups -OCH3 is 2. The molecule has 0 aliphatic heterocycles. The molecule has 0 bridgehead atoms. The van der Waals surface area contributed by atoms with Gasteiger partial charge in [-0.25, -0.2) is 0 Å². The van der Waals surface area contributed by atoms with Gasteiger partial charge in [0.1, 0.15) is 5.78 Å². The van der Waals surface area contributed by atoms with Gasteiger partial charge in [0.05, 0.1) is 30.8 Å². The van der Waals surface area contributed by atoms with E-state index in [9.17, 15) is 24.6 Å². The van der Waals surface area contributed by atoms with Gasteiger partial charge in [0, 0.05) is 70.3 Å². The third-order valence-corrected chi connectivity index (χ3v) is 58.8. The molecular weight excluding hydrogens is 1970 g/mol. The number of Topliss-reactive ketones (excluding diaryl/α,β-unsaturated/α-hetero) is 1. The number of hydrogen-bond acceptors (Lipinski definition) is 13. The summed E-state index contributed by atoms with van der Waals surface area (Å²) in [6.45, 7) is 49.2. The molecule has 7 saturated carbocycles. The Balaban J connectivity index is 0.000000159. The summed E-state index contributed by atoms with van der Waals surface area (Å²) in [5.74, 6) is 4.17. The third-order valence-electron chi connectivity index (χ3n) is 33.4. The fraction of sp³-hybridized carbons (Fsp3) is 0.461. The molecule has 7 fully saturated rings. The zero-order valence-corrected chi connectivity index (χ0v) is 97.7. The monoisotopic (exact) mass is 2140 g/mol. The van der Waals surface area contributed by atoms with Crippen LogP contribution in [0, 0.1) is 71.0 Å². The van der Waals surface area contributed by atoms with E-state index >= 15 is 0 Å². The average molecular weight is 2140 g/mol. The number of rotatable bonds is 38. The Morgan fingerprint density at radius 2 is 0.599 bits per heavy atom. The van der Waals surface area contributed by atoms with Gasteiger partial charge in [-0.05, 0) is 226 Å².